The predicted molar refractivity (Wildman–Crippen MR) is 136 cm³/mol. The molecule has 0 radical (unpaired) electrons. The third-order valence-corrected chi connectivity index (χ3v) is 12.3. The average Bonchev–Trinajstić information content (AvgIpc) is 3.29. The fourth-order valence-corrected chi connectivity index (χ4v) is 9.19. The van der Waals surface area contributed by atoms with Gasteiger partial charge in [0.1, 0.15) is 5.60 Å². The summed E-state index contributed by atoms with van der Waals surface area (Å²) in [5.74, 6) is 0.683. The van der Waals surface area contributed by atoms with Crippen LogP contribution in [0.3, 0.4) is 0 Å². The smallest absolute Gasteiger partial charge is 0.164 e. The SMILES string of the molecule is C[C@H]1CC[C@@H]2OC(C)(C)[C@H](O)CC[C@@]2(C)[C@]12CC[C@@H]([C@@]1(C)CC[C@@H]3OC(C)(C)C(=O)CC[C@]31C)O2. The highest BCUT2D eigenvalue weighted by Gasteiger charge is 2.68. The second kappa shape index (κ2) is 8.01. The molecule has 9 atom stereocenters. The summed E-state index contributed by atoms with van der Waals surface area (Å²) < 4.78 is 20.7. The predicted octanol–water partition coefficient (Wildman–Crippen LogP) is 5.99. The number of Topliss-reactive ketones (excluding diaryl/α,β-unsaturated/α-hetero) is 1. The van der Waals surface area contributed by atoms with E-state index < -0.39 is 17.3 Å². The molecule has 1 N–H and O–H groups in total. The van der Waals surface area contributed by atoms with E-state index in [9.17, 15) is 9.90 Å². The van der Waals surface area contributed by atoms with Gasteiger partial charge in [-0.3, -0.25) is 4.79 Å². The molecule has 3 saturated heterocycles. The first-order chi connectivity index (χ1) is 16.1. The second-order valence-corrected chi connectivity index (χ2v) is 14.6. The van der Waals surface area contributed by atoms with Crippen LogP contribution in [-0.4, -0.2) is 52.1 Å². The summed E-state index contributed by atoms with van der Waals surface area (Å²) in [4.78, 5) is 12.8. The summed E-state index contributed by atoms with van der Waals surface area (Å²) in [6, 6.07) is 0. The summed E-state index contributed by atoms with van der Waals surface area (Å²) in [5.41, 5.74) is -1.70. The second-order valence-electron chi connectivity index (χ2n) is 14.6. The Hall–Kier alpha value is -0.490. The molecule has 5 heteroatoms. The summed E-state index contributed by atoms with van der Waals surface area (Å²) in [5, 5.41) is 10.9. The molecule has 0 aromatic heterocycles. The van der Waals surface area contributed by atoms with Gasteiger partial charge in [-0.2, -0.15) is 0 Å². The van der Waals surface area contributed by atoms with Gasteiger partial charge in [0, 0.05) is 22.7 Å². The first-order valence-corrected chi connectivity index (χ1v) is 14.4. The Labute approximate surface area is 213 Å². The number of carbonyl (C=O) groups excluding carboxylic acids is 1. The third-order valence-electron chi connectivity index (χ3n) is 12.3. The lowest BCUT2D eigenvalue weighted by molar-refractivity contribution is -0.256. The van der Waals surface area contributed by atoms with Gasteiger partial charge in [0.25, 0.3) is 0 Å². The van der Waals surface area contributed by atoms with Crippen molar-refractivity contribution in [2.75, 3.05) is 0 Å². The number of hydrogen-bond donors (Lipinski definition) is 1. The Bertz CT molecular complexity index is 867. The topological polar surface area (TPSA) is 65.0 Å². The molecular weight excluding hydrogens is 440 g/mol. The molecule has 0 amide bonds. The molecule has 2 aliphatic carbocycles. The fraction of sp³-hybridized carbons (Fsp3) is 0.967. The Morgan fingerprint density at radius 3 is 1.97 bits per heavy atom. The van der Waals surface area contributed by atoms with E-state index in [1.54, 1.807) is 0 Å². The molecule has 5 aliphatic rings. The van der Waals surface area contributed by atoms with Gasteiger partial charge < -0.3 is 19.3 Å². The van der Waals surface area contributed by atoms with Crippen LogP contribution >= 0.6 is 0 Å². The molecule has 5 nitrogen and oxygen atoms in total. The van der Waals surface area contributed by atoms with Crippen molar-refractivity contribution < 1.29 is 24.1 Å². The molecule has 0 aromatic carbocycles. The van der Waals surface area contributed by atoms with Crippen LogP contribution in [0, 0.1) is 22.2 Å². The van der Waals surface area contributed by atoms with Gasteiger partial charge in [0.15, 0.2) is 5.78 Å². The average molecular weight is 491 g/mol. The Morgan fingerprint density at radius 2 is 1.26 bits per heavy atom. The van der Waals surface area contributed by atoms with Crippen LogP contribution in [0.1, 0.15) is 120 Å². The molecule has 3 aliphatic heterocycles. The quantitative estimate of drug-likeness (QED) is 0.489. The van der Waals surface area contributed by atoms with Crippen molar-refractivity contribution in [2.45, 2.75) is 161 Å². The molecular formula is C30H50O5. The van der Waals surface area contributed by atoms with E-state index in [4.69, 9.17) is 14.2 Å². The number of ether oxygens (including phenoxy) is 3. The van der Waals surface area contributed by atoms with Gasteiger partial charge in [-0.1, -0.05) is 27.7 Å². The molecule has 0 aromatic rings. The van der Waals surface area contributed by atoms with E-state index in [1.165, 1.54) is 0 Å². The minimum absolute atomic E-state index is 0.0325. The van der Waals surface area contributed by atoms with Crippen LogP contribution in [0.15, 0.2) is 0 Å². The van der Waals surface area contributed by atoms with Gasteiger partial charge in [-0.05, 0) is 91.4 Å². The van der Waals surface area contributed by atoms with Crippen LogP contribution in [0.5, 0.6) is 0 Å². The Kier molecular flexibility index (Phi) is 5.98. The van der Waals surface area contributed by atoms with Crippen LogP contribution in [0.4, 0.5) is 0 Å². The molecule has 2 saturated carbocycles. The maximum absolute atomic E-state index is 12.8. The molecule has 0 unspecified atom stereocenters. The number of aliphatic hydroxyl groups is 1. The number of fused-ring (bicyclic) bond motifs is 3. The highest BCUT2D eigenvalue weighted by Crippen LogP contribution is 2.67. The largest absolute Gasteiger partial charge is 0.390 e. The molecule has 5 rings (SSSR count). The minimum Gasteiger partial charge on any atom is -0.390 e. The van der Waals surface area contributed by atoms with E-state index in [-0.39, 0.29) is 45.9 Å². The minimum atomic E-state index is -0.699. The molecule has 5 fully saturated rings. The van der Waals surface area contributed by atoms with Crippen molar-refractivity contribution in [3.63, 3.8) is 0 Å². The summed E-state index contributed by atoms with van der Waals surface area (Å²) in [6.07, 6.45) is 9.35. The van der Waals surface area contributed by atoms with Crippen molar-refractivity contribution in [3.05, 3.63) is 0 Å². The highest BCUT2D eigenvalue weighted by molar-refractivity contribution is 5.86. The molecule has 1 spiro atoms. The van der Waals surface area contributed by atoms with E-state index in [2.05, 4.69) is 27.7 Å². The van der Waals surface area contributed by atoms with Gasteiger partial charge in [0.05, 0.1) is 35.6 Å². The molecule has 35 heavy (non-hydrogen) atoms. The van der Waals surface area contributed by atoms with Gasteiger partial charge in [-0.15, -0.1) is 0 Å². The molecule has 3 heterocycles. The fourth-order valence-electron chi connectivity index (χ4n) is 9.19. The highest BCUT2D eigenvalue weighted by atomic mass is 16.5. The van der Waals surface area contributed by atoms with Gasteiger partial charge in [0.2, 0.25) is 0 Å². The number of carbonyl (C=O) groups is 1. The number of hydrogen-bond acceptors (Lipinski definition) is 5. The van der Waals surface area contributed by atoms with Crippen molar-refractivity contribution in [1.29, 1.82) is 0 Å². The molecule has 200 valence electrons. The maximum Gasteiger partial charge on any atom is 0.164 e. The number of ketones is 1. The van der Waals surface area contributed by atoms with E-state index >= 15 is 0 Å². The lowest BCUT2D eigenvalue weighted by Crippen LogP contribution is -2.61. The normalized spacial score (nSPS) is 53.6. The van der Waals surface area contributed by atoms with E-state index in [0.29, 0.717) is 12.3 Å². The first-order valence-electron chi connectivity index (χ1n) is 14.4. The van der Waals surface area contributed by atoms with Crippen LogP contribution in [0.25, 0.3) is 0 Å². The monoisotopic (exact) mass is 490 g/mol. The van der Waals surface area contributed by atoms with Crippen molar-refractivity contribution in [1.82, 2.24) is 0 Å². The van der Waals surface area contributed by atoms with Crippen LogP contribution in [0.2, 0.25) is 0 Å². The standard InChI is InChI=1S/C30H50O5/c1-19-9-10-22-29(8,16-12-21(32)25(2,3)33-22)30(19)18-14-24(35-30)28(7)17-13-23-27(28,6)15-11-20(31)26(4,5)34-23/h19,21-24,32H,9-18H2,1-8H3/t19-,21+,22-,23-,24-,27+,28+,29+,30-/m0/s1. The molecule has 0 bridgehead atoms. The third kappa shape index (κ3) is 3.50. The Morgan fingerprint density at radius 1 is 0.686 bits per heavy atom. The van der Waals surface area contributed by atoms with Crippen molar-refractivity contribution in [3.8, 4) is 0 Å². The lowest BCUT2D eigenvalue weighted by Gasteiger charge is -2.58. The van der Waals surface area contributed by atoms with Crippen LogP contribution < -0.4 is 0 Å². The number of rotatable bonds is 1. The van der Waals surface area contributed by atoms with Crippen molar-refractivity contribution in [2.24, 2.45) is 22.2 Å². The Balaban J connectivity index is 1.47. The van der Waals surface area contributed by atoms with Gasteiger partial charge in [-0.25, -0.2) is 0 Å². The maximum atomic E-state index is 12.8. The number of aliphatic hydroxyl groups excluding tert-OH is 1. The summed E-state index contributed by atoms with van der Waals surface area (Å²) in [7, 11) is 0. The zero-order valence-corrected chi connectivity index (χ0v) is 23.5. The summed E-state index contributed by atoms with van der Waals surface area (Å²) in [6.45, 7) is 17.6. The first kappa shape index (κ1) is 26.1. The van der Waals surface area contributed by atoms with E-state index in [1.807, 2.05) is 27.7 Å². The van der Waals surface area contributed by atoms with Crippen LogP contribution in [-0.2, 0) is 19.0 Å². The zero-order chi connectivity index (χ0) is 25.7. The van der Waals surface area contributed by atoms with E-state index in [0.717, 1.165) is 57.8 Å². The van der Waals surface area contributed by atoms with Gasteiger partial charge >= 0.3 is 0 Å². The van der Waals surface area contributed by atoms with Crippen molar-refractivity contribution >= 4 is 5.78 Å². The lowest BCUT2D eigenvalue weighted by atomic mass is 9.55. The summed E-state index contributed by atoms with van der Waals surface area (Å²) >= 11 is 0. The zero-order valence-electron chi connectivity index (χ0n) is 23.5.